The van der Waals surface area contributed by atoms with Gasteiger partial charge in [0.05, 0.1) is 12.5 Å². The molecule has 0 heterocycles. The van der Waals surface area contributed by atoms with E-state index in [0.29, 0.717) is 19.4 Å². The van der Waals surface area contributed by atoms with Gasteiger partial charge in [0, 0.05) is 0 Å². The maximum atomic E-state index is 12.7. The van der Waals surface area contributed by atoms with Crippen molar-refractivity contribution in [2.75, 3.05) is 6.54 Å². The number of carboxylic acids is 1. The second-order valence-electron chi connectivity index (χ2n) is 6.91. The van der Waals surface area contributed by atoms with Crippen LogP contribution in [0.1, 0.15) is 39.5 Å². The SMILES string of the molecule is CC(NC(=O)C(CC(N)=O)NC(=O)C(CCCCN)NC(=O)C(N)C(C)O)C(=O)O. The minimum Gasteiger partial charge on any atom is -0.480 e. The Morgan fingerprint density at radius 2 is 1.43 bits per heavy atom. The van der Waals surface area contributed by atoms with Crippen molar-refractivity contribution < 1.29 is 34.2 Å². The smallest absolute Gasteiger partial charge is 0.325 e. The van der Waals surface area contributed by atoms with Crippen LogP contribution < -0.4 is 33.2 Å². The number of amides is 4. The van der Waals surface area contributed by atoms with Gasteiger partial charge in [0.15, 0.2) is 0 Å². The molecule has 5 atom stereocenters. The average molecular weight is 432 g/mol. The van der Waals surface area contributed by atoms with Crippen molar-refractivity contribution in [2.45, 2.75) is 69.8 Å². The Hall–Kier alpha value is -2.77. The zero-order valence-electron chi connectivity index (χ0n) is 17.1. The van der Waals surface area contributed by atoms with Crippen molar-refractivity contribution >= 4 is 29.6 Å². The highest BCUT2D eigenvalue weighted by molar-refractivity contribution is 5.96. The van der Waals surface area contributed by atoms with E-state index in [9.17, 15) is 29.1 Å². The van der Waals surface area contributed by atoms with Crippen LogP contribution in [0.2, 0.25) is 0 Å². The summed E-state index contributed by atoms with van der Waals surface area (Å²) in [6.07, 6.45) is -0.577. The number of nitrogens with two attached hydrogens (primary N) is 3. The maximum absolute atomic E-state index is 12.7. The van der Waals surface area contributed by atoms with Gasteiger partial charge >= 0.3 is 5.97 Å². The van der Waals surface area contributed by atoms with Crippen LogP contribution in [0.4, 0.5) is 0 Å². The van der Waals surface area contributed by atoms with Gasteiger partial charge in [-0.2, -0.15) is 0 Å². The lowest BCUT2D eigenvalue weighted by Crippen LogP contribution is -2.58. The molecule has 11 N–H and O–H groups in total. The number of hydrogen-bond acceptors (Lipinski definition) is 8. The fraction of sp³-hybridized carbons (Fsp3) is 0.706. The molecule has 0 aliphatic rings. The van der Waals surface area contributed by atoms with Gasteiger partial charge < -0.3 is 43.4 Å². The van der Waals surface area contributed by atoms with Crippen molar-refractivity contribution in [3.05, 3.63) is 0 Å². The monoisotopic (exact) mass is 432 g/mol. The largest absolute Gasteiger partial charge is 0.480 e. The zero-order valence-corrected chi connectivity index (χ0v) is 17.1. The Morgan fingerprint density at radius 1 is 0.900 bits per heavy atom. The molecule has 0 saturated heterocycles. The van der Waals surface area contributed by atoms with Crippen LogP contribution in [0.15, 0.2) is 0 Å². The molecule has 0 rings (SSSR count). The molecule has 0 saturated carbocycles. The molecular formula is C17H32N6O7. The van der Waals surface area contributed by atoms with Crippen LogP contribution in [0.5, 0.6) is 0 Å². The van der Waals surface area contributed by atoms with Gasteiger partial charge in [0.1, 0.15) is 24.2 Å². The summed E-state index contributed by atoms with van der Waals surface area (Å²) in [4.78, 5) is 59.3. The quantitative estimate of drug-likeness (QED) is 0.126. The van der Waals surface area contributed by atoms with Crippen LogP contribution in [0, 0.1) is 0 Å². The van der Waals surface area contributed by atoms with E-state index in [0.717, 1.165) is 0 Å². The van der Waals surface area contributed by atoms with E-state index in [1.54, 1.807) is 0 Å². The van der Waals surface area contributed by atoms with Crippen LogP contribution in [0.3, 0.4) is 0 Å². The Labute approximate surface area is 174 Å². The highest BCUT2D eigenvalue weighted by Crippen LogP contribution is 2.04. The molecule has 0 radical (unpaired) electrons. The molecule has 0 aliphatic carbocycles. The number of unbranched alkanes of at least 4 members (excludes halogenated alkanes) is 1. The molecule has 4 amide bonds. The van der Waals surface area contributed by atoms with Crippen LogP contribution in [-0.2, 0) is 24.0 Å². The highest BCUT2D eigenvalue weighted by atomic mass is 16.4. The Kier molecular flexibility index (Phi) is 12.2. The first-order chi connectivity index (χ1) is 13.9. The third kappa shape index (κ3) is 10.1. The topological polar surface area (TPSA) is 240 Å². The second kappa shape index (κ2) is 13.5. The maximum Gasteiger partial charge on any atom is 0.325 e. The third-order valence-corrected chi connectivity index (χ3v) is 4.17. The van der Waals surface area contributed by atoms with Gasteiger partial charge in [-0.05, 0) is 39.7 Å². The summed E-state index contributed by atoms with van der Waals surface area (Å²) in [5.74, 6) is -4.73. The number of nitrogens with one attached hydrogen (secondary N) is 3. The molecule has 13 nitrogen and oxygen atoms in total. The fourth-order valence-corrected chi connectivity index (χ4v) is 2.31. The lowest BCUT2D eigenvalue weighted by molar-refractivity contribution is -0.142. The van der Waals surface area contributed by atoms with E-state index in [4.69, 9.17) is 22.3 Å². The predicted octanol–water partition coefficient (Wildman–Crippen LogP) is -3.74. The van der Waals surface area contributed by atoms with E-state index in [1.807, 2.05) is 0 Å². The summed E-state index contributed by atoms with van der Waals surface area (Å²) in [5.41, 5.74) is 16.1. The van der Waals surface area contributed by atoms with Gasteiger partial charge in [-0.15, -0.1) is 0 Å². The van der Waals surface area contributed by atoms with E-state index in [-0.39, 0.29) is 6.42 Å². The zero-order chi connectivity index (χ0) is 23.4. The van der Waals surface area contributed by atoms with Crippen LogP contribution >= 0.6 is 0 Å². The molecule has 0 aliphatic heterocycles. The molecule has 0 spiro atoms. The summed E-state index contributed by atoms with van der Waals surface area (Å²) in [5, 5.41) is 25.2. The Morgan fingerprint density at radius 3 is 1.90 bits per heavy atom. The number of carbonyl (C=O) groups is 5. The summed E-state index contributed by atoms with van der Waals surface area (Å²) < 4.78 is 0. The summed E-state index contributed by atoms with van der Waals surface area (Å²) >= 11 is 0. The Bertz CT molecular complexity index is 628. The lowest BCUT2D eigenvalue weighted by Gasteiger charge is -2.24. The predicted molar refractivity (Wildman–Crippen MR) is 105 cm³/mol. The molecule has 0 aromatic carbocycles. The number of primary amides is 1. The fourth-order valence-electron chi connectivity index (χ4n) is 2.31. The van der Waals surface area contributed by atoms with Gasteiger partial charge in [-0.1, -0.05) is 0 Å². The first-order valence-corrected chi connectivity index (χ1v) is 9.46. The van der Waals surface area contributed by atoms with E-state index in [1.165, 1.54) is 13.8 Å². The molecule has 0 bridgehead atoms. The number of aliphatic hydroxyl groups excluding tert-OH is 1. The molecule has 13 heteroatoms. The summed E-state index contributed by atoms with van der Waals surface area (Å²) in [7, 11) is 0. The number of carboxylic acid groups (broad SMARTS) is 1. The van der Waals surface area contributed by atoms with Crippen molar-refractivity contribution in [3.63, 3.8) is 0 Å². The number of aliphatic hydroxyl groups is 1. The van der Waals surface area contributed by atoms with E-state index < -0.39 is 66.3 Å². The van der Waals surface area contributed by atoms with Gasteiger partial charge in [-0.25, -0.2) is 0 Å². The highest BCUT2D eigenvalue weighted by Gasteiger charge is 2.30. The molecular weight excluding hydrogens is 400 g/mol. The first kappa shape index (κ1) is 27.2. The number of carbonyl (C=O) groups excluding carboxylic acids is 4. The van der Waals surface area contributed by atoms with Crippen LogP contribution in [0.25, 0.3) is 0 Å². The average Bonchev–Trinajstić information content (AvgIpc) is 2.65. The molecule has 0 aromatic rings. The normalized spacial score (nSPS) is 15.8. The second-order valence-corrected chi connectivity index (χ2v) is 6.91. The molecule has 172 valence electrons. The van der Waals surface area contributed by atoms with Gasteiger partial charge in [0.2, 0.25) is 23.6 Å². The number of rotatable bonds is 14. The number of hydrogen-bond donors (Lipinski definition) is 8. The minimum absolute atomic E-state index is 0.151. The van der Waals surface area contributed by atoms with Gasteiger partial charge in [-0.3, -0.25) is 24.0 Å². The number of aliphatic carboxylic acids is 1. The van der Waals surface area contributed by atoms with Crippen molar-refractivity contribution in [1.82, 2.24) is 16.0 Å². The summed E-state index contributed by atoms with van der Waals surface area (Å²) in [6, 6.07) is -5.13. The molecule has 0 aromatic heterocycles. The standard InChI is InChI=1S/C17H32N6O7/c1-8(17(29)30)21-15(27)11(7-12(19)25)23-14(26)10(5-3-4-6-18)22-16(28)13(20)9(2)24/h8-11,13,24H,3-7,18,20H2,1-2H3,(H2,19,25)(H,21,27)(H,22,28)(H,23,26)(H,29,30). The molecule has 30 heavy (non-hydrogen) atoms. The minimum atomic E-state index is -1.45. The lowest BCUT2D eigenvalue weighted by atomic mass is 10.1. The van der Waals surface area contributed by atoms with Crippen molar-refractivity contribution in [2.24, 2.45) is 17.2 Å². The molecule has 5 unspecified atom stereocenters. The third-order valence-electron chi connectivity index (χ3n) is 4.17. The van der Waals surface area contributed by atoms with Gasteiger partial charge in [0.25, 0.3) is 0 Å². The Balaban J connectivity index is 5.37. The van der Waals surface area contributed by atoms with Crippen molar-refractivity contribution in [3.8, 4) is 0 Å². The van der Waals surface area contributed by atoms with E-state index >= 15 is 0 Å². The first-order valence-electron chi connectivity index (χ1n) is 9.46. The molecule has 0 fully saturated rings. The van der Waals surface area contributed by atoms with Crippen molar-refractivity contribution in [1.29, 1.82) is 0 Å². The summed E-state index contributed by atoms with van der Waals surface area (Å²) in [6.45, 7) is 2.87. The van der Waals surface area contributed by atoms with E-state index in [2.05, 4.69) is 16.0 Å². The van der Waals surface area contributed by atoms with Crippen LogP contribution in [-0.4, -0.2) is 76.6 Å².